The number of hydrogen-bond acceptors (Lipinski definition) is 5. The summed E-state index contributed by atoms with van der Waals surface area (Å²) in [4.78, 5) is 28.6. The van der Waals surface area contributed by atoms with Crippen molar-refractivity contribution >= 4 is 39.1 Å². The van der Waals surface area contributed by atoms with E-state index >= 15 is 0 Å². The zero-order valence-electron chi connectivity index (χ0n) is 23.4. The maximum atomic E-state index is 14.0. The number of carbonyl (C=O) groups excluding carboxylic acids is 2. The van der Waals surface area contributed by atoms with Gasteiger partial charge in [-0.1, -0.05) is 48.9 Å². The van der Waals surface area contributed by atoms with Crippen LogP contribution in [0.25, 0.3) is 0 Å². The first-order chi connectivity index (χ1) is 19.0. The SMILES string of the molecule is CCC(C)NC(=O)C(C)N(Cc1ccc(OC)cc1)C(=O)CN(c1ccc(Cl)cc1C)S(=O)(=O)c1ccccc1. The van der Waals surface area contributed by atoms with E-state index in [9.17, 15) is 18.0 Å². The van der Waals surface area contributed by atoms with Gasteiger partial charge in [0.15, 0.2) is 0 Å². The molecule has 1 N–H and O–H groups in total. The zero-order chi connectivity index (χ0) is 29.4. The van der Waals surface area contributed by atoms with Crippen molar-refractivity contribution in [3.05, 3.63) is 88.9 Å². The molecule has 0 aliphatic heterocycles. The lowest BCUT2D eigenvalue weighted by Crippen LogP contribution is -2.52. The summed E-state index contributed by atoms with van der Waals surface area (Å²) in [5.74, 6) is -0.199. The predicted molar refractivity (Wildman–Crippen MR) is 158 cm³/mol. The Morgan fingerprint density at radius 1 is 1.00 bits per heavy atom. The third-order valence-corrected chi connectivity index (χ3v) is 8.73. The normalized spacial score (nSPS) is 12.8. The van der Waals surface area contributed by atoms with E-state index in [0.717, 1.165) is 16.3 Å². The smallest absolute Gasteiger partial charge is 0.264 e. The molecule has 2 atom stereocenters. The molecule has 10 heteroatoms. The second kappa shape index (κ2) is 13.7. The molecule has 3 aromatic carbocycles. The topological polar surface area (TPSA) is 96.0 Å². The molecule has 0 heterocycles. The summed E-state index contributed by atoms with van der Waals surface area (Å²) in [6, 6.07) is 18.9. The van der Waals surface area contributed by atoms with Crippen molar-refractivity contribution < 1.29 is 22.7 Å². The summed E-state index contributed by atoms with van der Waals surface area (Å²) in [6.07, 6.45) is 0.726. The first kappa shape index (κ1) is 31.0. The van der Waals surface area contributed by atoms with E-state index < -0.39 is 28.5 Å². The number of halogens is 1. The molecule has 3 rings (SSSR count). The van der Waals surface area contributed by atoms with Crippen LogP contribution in [-0.4, -0.2) is 50.9 Å². The highest BCUT2D eigenvalue weighted by Gasteiger charge is 2.33. The standard InChI is InChI=1S/C30H36ClN3O5S/c1-6-22(3)32-30(36)23(4)33(19-24-12-15-26(39-5)16-13-24)29(35)20-34(28-17-14-25(31)18-21(28)2)40(37,38)27-10-8-7-9-11-27/h7-18,22-23H,6,19-20H2,1-5H3,(H,32,36). The monoisotopic (exact) mass is 585 g/mol. The van der Waals surface area contributed by atoms with Gasteiger partial charge in [0, 0.05) is 17.6 Å². The summed E-state index contributed by atoms with van der Waals surface area (Å²) in [6.45, 7) is 6.79. The zero-order valence-corrected chi connectivity index (χ0v) is 25.0. The number of benzene rings is 3. The lowest BCUT2D eigenvalue weighted by molar-refractivity contribution is -0.139. The molecule has 0 aromatic heterocycles. The van der Waals surface area contributed by atoms with Crippen LogP contribution in [0.2, 0.25) is 5.02 Å². The Morgan fingerprint density at radius 3 is 2.23 bits per heavy atom. The average Bonchev–Trinajstić information content (AvgIpc) is 2.95. The number of amides is 2. The number of aryl methyl sites for hydroxylation is 1. The van der Waals surface area contributed by atoms with Crippen LogP contribution in [0.5, 0.6) is 5.75 Å². The van der Waals surface area contributed by atoms with Crippen molar-refractivity contribution in [1.29, 1.82) is 0 Å². The maximum Gasteiger partial charge on any atom is 0.264 e. The second-order valence-corrected chi connectivity index (χ2v) is 11.9. The van der Waals surface area contributed by atoms with Gasteiger partial charge in [-0.3, -0.25) is 13.9 Å². The van der Waals surface area contributed by atoms with Gasteiger partial charge in [0.2, 0.25) is 11.8 Å². The largest absolute Gasteiger partial charge is 0.497 e. The van der Waals surface area contributed by atoms with Crippen LogP contribution in [-0.2, 0) is 26.2 Å². The Labute approximate surface area is 241 Å². The van der Waals surface area contributed by atoms with Crippen molar-refractivity contribution in [1.82, 2.24) is 10.2 Å². The van der Waals surface area contributed by atoms with Gasteiger partial charge in [0.25, 0.3) is 10.0 Å². The number of anilines is 1. The van der Waals surface area contributed by atoms with Crippen molar-refractivity contribution in [3.8, 4) is 5.75 Å². The Hall–Kier alpha value is -3.56. The molecule has 0 saturated carbocycles. The lowest BCUT2D eigenvalue weighted by atomic mass is 10.1. The van der Waals surface area contributed by atoms with Crippen LogP contribution in [0.3, 0.4) is 0 Å². The molecule has 0 saturated heterocycles. The fourth-order valence-corrected chi connectivity index (χ4v) is 5.83. The van der Waals surface area contributed by atoms with E-state index in [-0.39, 0.29) is 23.4 Å². The van der Waals surface area contributed by atoms with Crippen LogP contribution in [0, 0.1) is 6.92 Å². The molecule has 2 amide bonds. The summed E-state index contributed by atoms with van der Waals surface area (Å²) in [5.41, 5.74) is 1.67. The van der Waals surface area contributed by atoms with Crippen LogP contribution in [0.1, 0.15) is 38.3 Å². The average molecular weight is 586 g/mol. The number of methoxy groups -OCH3 is 1. The molecule has 0 bridgehead atoms. The minimum Gasteiger partial charge on any atom is -0.497 e. The van der Waals surface area contributed by atoms with E-state index in [0.29, 0.717) is 22.0 Å². The molecule has 0 aliphatic rings. The first-order valence-electron chi connectivity index (χ1n) is 13.0. The molecule has 0 radical (unpaired) electrons. The number of ether oxygens (including phenoxy) is 1. The third-order valence-electron chi connectivity index (χ3n) is 6.72. The molecule has 0 fully saturated rings. The number of rotatable bonds is 12. The highest BCUT2D eigenvalue weighted by molar-refractivity contribution is 7.92. The number of hydrogen-bond donors (Lipinski definition) is 1. The Bertz CT molecular complexity index is 1420. The molecular formula is C30H36ClN3O5S. The van der Waals surface area contributed by atoms with Gasteiger partial charge in [0.1, 0.15) is 18.3 Å². The molecule has 3 aromatic rings. The van der Waals surface area contributed by atoms with E-state index in [4.69, 9.17) is 16.3 Å². The van der Waals surface area contributed by atoms with Crippen LogP contribution < -0.4 is 14.4 Å². The molecule has 2 unspecified atom stereocenters. The van der Waals surface area contributed by atoms with Crippen molar-refractivity contribution in [3.63, 3.8) is 0 Å². The highest BCUT2D eigenvalue weighted by Crippen LogP contribution is 2.29. The van der Waals surface area contributed by atoms with Gasteiger partial charge < -0.3 is 15.0 Å². The molecule has 0 spiro atoms. The molecule has 40 heavy (non-hydrogen) atoms. The summed E-state index contributed by atoms with van der Waals surface area (Å²) < 4.78 is 34.1. The second-order valence-electron chi connectivity index (χ2n) is 9.62. The molecule has 0 aliphatic carbocycles. The Morgan fingerprint density at radius 2 is 1.65 bits per heavy atom. The summed E-state index contributed by atoms with van der Waals surface area (Å²) in [7, 11) is -2.58. The van der Waals surface area contributed by atoms with E-state index in [1.54, 1.807) is 81.6 Å². The number of nitrogens with one attached hydrogen (secondary N) is 1. The molecule has 214 valence electrons. The molecular weight excluding hydrogens is 550 g/mol. The van der Waals surface area contributed by atoms with Gasteiger partial charge in [-0.05, 0) is 80.8 Å². The maximum absolute atomic E-state index is 14.0. The minimum absolute atomic E-state index is 0.0430. The number of carbonyl (C=O) groups is 2. The van der Waals surface area contributed by atoms with Gasteiger partial charge in [-0.25, -0.2) is 8.42 Å². The van der Waals surface area contributed by atoms with E-state index in [2.05, 4.69) is 5.32 Å². The van der Waals surface area contributed by atoms with E-state index in [1.807, 2.05) is 13.8 Å². The molecule has 8 nitrogen and oxygen atoms in total. The van der Waals surface area contributed by atoms with Crippen LogP contribution in [0.15, 0.2) is 77.7 Å². The van der Waals surface area contributed by atoms with Gasteiger partial charge in [-0.15, -0.1) is 0 Å². The first-order valence-corrected chi connectivity index (χ1v) is 14.9. The number of nitrogens with zero attached hydrogens (tertiary/aromatic N) is 2. The minimum atomic E-state index is -4.14. The van der Waals surface area contributed by atoms with Gasteiger partial charge >= 0.3 is 0 Å². The Balaban J connectivity index is 2.04. The predicted octanol–water partition coefficient (Wildman–Crippen LogP) is 5.18. The van der Waals surface area contributed by atoms with Crippen molar-refractivity contribution in [2.75, 3.05) is 18.0 Å². The summed E-state index contributed by atoms with van der Waals surface area (Å²) >= 11 is 6.15. The van der Waals surface area contributed by atoms with Crippen LogP contribution >= 0.6 is 11.6 Å². The Kier molecular flexibility index (Phi) is 10.6. The van der Waals surface area contributed by atoms with Crippen molar-refractivity contribution in [2.24, 2.45) is 0 Å². The quantitative estimate of drug-likeness (QED) is 0.316. The van der Waals surface area contributed by atoms with Crippen LogP contribution in [0.4, 0.5) is 5.69 Å². The lowest BCUT2D eigenvalue weighted by Gasteiger charge is -2.33. The highest BCUT2D eigenvalue weighted by atomic mass is 35.5. The summed E-state index contributed by atoms with van der Waals surface area (Å²) in [5, 5.41) is 3.37. The number of sulfonamides is 1. The van der Waals surface area contributed by atoms with Crippen molar-refractivity contribution in [2.45, 2.75) is 57.6 Å². The fraction of sp³-hybridized carbons (Fsp3) is 0.333. The van der Waals surface area contributed by atoms with E-state index in [1.165, 1.54) is 17.0 Å². The van der Waals surface area contributed by atoms with Gasteiger partial charge in [-0.2, -0.15) is 0 Å². The van der Waals surface area contributed by atoms with Gasteiger partial charge in [0.05, 0.1) is 17.7 Å². The fourth-order valence-electron chi connectivity index (χ4n) is 4.11. The third kappa shape index (κ3) is 7.55.